The number of nitrogens with two attached hydrogens (primary N) is 1. The van der Waals surface area contributed by atoms with Crippen molar-refractivity contribution in [3.8, 4) is 22.4 Å². The lowest BCUT2D eigenvalue weighted by atomic mass is 9.86. The molecule has 11 heteroatoms. The van der Waals surface area contributed by atoms with Gasteiger partial charge in [-0.3, -0.25) is 19.4 Å². The number of piperidine rings is 2. The highest BCUT2D eigenvalue weighted by atomic mass is 16.3. The molecular formula is C32H35N7O4. The van der Waals surface area contributed by atoms with Gasteiger partial charge < -0.3 is 20.6 Å². The van der Waals surface area contributed by atoms with Crippen molar-refractivity contribution in [2.75, 3.05) is 31.9 Å². The molecule has 2 amide bonds. The van der Waals surface area contributed by atoms with Gasteiger partial charge in [0.2, 0.25) is 5.91 Å². The lowest BCUT2D eigenvalue weighted by Crippen LogP contribution is -2.56. The molecule has 0 atom stereocenters. The molecular weight excluding hydrogens is 546 g/mol. The molecule has 4 aromatic rings. The Kier molecular flexibility index (Phi) is 7.43. The Morgan fingerprint density at radius 3 is 2.21 bits per heavy atom. The second-order valence-corrected chi connectivity index (χ2v) is 11.5. The second kappa shape index (κ2) is 11.2. The van der Waals surface area contributed by atoms with Crippen molar-refractivity contribution in [1.29, 1.82) is 0 Å². The van der Waals surface area contributed by atoms with E-state index in [1.807, 2.05) is 42.5 Å². The van der Waals surface area contributed by atoms with Gasteiger partial charge >= 0.3 is 0 Å². The summed E-state index contributed by atoms with van der Waals surface area (Å²) in [4.78, 5) is 50.8. The molecule has 0 radical (unpaired) electrons. The molecule has 1 aromatic carbocycles. The monoisotopic (exact) mass is 581 g/mol. The van der Waals surface area contributed by atoms with Crippen molar-refractivity contribution in [3.05, 3.63) is 66.1 Å². The fourth-order valence-electron chi connectivity index (χ4n) is 6.28. The summed E-state index contributed by atoms with van der Waals surface area (Å²) in [5, 5.41) is 15.6. The summed E-state index contributed by atoms with van der Waals surface area (Å²) in [7, 11) is 0. The number of hydrogen-bond acceptors (Lipinski definition) is 8. The fraction of sp³-hybridized carbons (Fsp3) is 0.375. The minimum absolute atomic E-state index is 0.0536. The number of hydrogen-bond donors (Lipinski definition) is 2. The van der Waals surface area contributed by atoms with E-state index in [1.165, 1.54) is 18.4 Å². The molecule has 11 nitrogen and oxygen atoms in total. The van der Waals surface area contributed by atoms with Crippen LogP contribution in [0.25, 0.3) is 28.0 Å². The average Bonchev–Trinajstić information content (AvgIpc) is 3.46. The number of carbonyl (C=O) groups excluding carboxylic acids is 3. The molecule has 3 aromatic heterocycles. The van der Waals surface area contributed by atoms with Gasteiger partial charge in [-0.15, -0.1) is 0 Å². The summed E-state index contributed by atoms with van der Waals surface area (Å²) < 4.78 is 1.50. The Bertz CT molecular complexity index is 1680. The first-order valence-electron chi connectivity index (χ1n) is 14.6. The molecule has 0 unspecified atom stereocenters. The molecule has 0 saturated carbocycles. The summed E-state index contributed by atoms with van der Waals surface area (Å²) in [5.41, 5.74) is 10.0. The first-order valence-corrected chi connectivity index (χ1v) is 14.6. The molecule has 2 fully saturated rings. The van der Waals surface area contributed by atoms with Crippen molar-refractivity contribution in [1.82, 2.24) is 29.4 Å². The summed E-state index contributed by atoms with van der Waals surface area (Å²) in [5.74, 6) is -0.420. The number of ketones is 1. The second-order valence-electron chi connectivity index (χ2n) is 11.5. The lowest BCUT2D eigenvalue weighted by Gasteiger charge is -2.41. The van der Waals surface area contributed by atoms with Gasteiger partial charge in [0.25, 0.3) is 5.91 Å². The molecule has 2 aliphatic heterocycles. The Labute approximate surface area is 249 Å². The van der Waals surface area contributed by atoms with Crippen molar-refractivity contribution in [2.45, 2.75) is 51.0 Å². The molecule has 43 heavy (non-hydrogen) atoms. The largest absolute Gasteiger partial charge is 0.383 e. The maximum atomic E-state index is 13.3. The van der Waals surface area contributed by atoms with Crippen molar-refractivity contribution >= 4 is 29.1 Å². The van der Waals surface area contributed by atoms with Gasteiger partial charge in [-0.1, -0.05) is 36.4 Å². The number of benzene rings is 1. The van der Waals surface area contributed by atoms with Crippen LogP contribution in [0.1, 0.15) is 61.5 Å². The van der Waals surface area contributed by atoms with E-state index in [4.69, 9.17) is 10.7 Å². The van der Waals surface area contributed by atoms with E-state index in [-0.39, 0.29) is 42.2 Å². The first-order chi connectivity index (χ1) is 20.7. The van der Waals surface area contributed by atoms with Crippen LogP contribution in [0.15, 0.2) is 54.9 Å². The zero-order valence-electron chi connectivity index (χ0n) is 24.4. The predicted octanol–water partition coefficient (Wildman–Crippen LogP) is 3.32. The minimum Gasteiger partial charge on any atom is -0.383 e. The smallest absolute Gasteiger partial charge is 0.254 e. The number of likely N-dealkylation sites (tertiary alicyclic amines) is 2. The van der Waals surface area contributed by atoms with Gasteiger partial charge in [-0.25, -0.2) is 4.98 Å². The third-order valence-corrected chi connectivity index (χ3v) is 8.81. The zero-order valence-corrected chi connectivity index (χ0v) is 24.4. The Morgan fingerprint density at radius 2 is 1.60 bits per heavy atom. The van der Waals surface area contributed by atoms with Crippen molar-refractivity contribution in [3.63, 3.8) is 0 Å². The molecule has 5 heterocycles. The highest BCUT2D eigenvalue weighted by Crippen LogP contribution is 2.36. The third kappa shape index (κ3) is 5.25. The fourth-order valence-corrected chi connectivity index (χ4v) is 6.28. The van der Waals surface area contributed by atoms with E-state index < -0.39 is 5.60 Å². The van der Waals surface area contributed by atoms with Crippen LogP contribution in [0, 0.1) is 0 Å². The summed E-state index contributed by atoms with van der Waals surface area (Å²) in [6.45, 7) is 4.53. The molecule has 222 valence electrons. The highest BCUT2D eigenvalue weighted by molar-refractivity contribution is 6.00. The number of carbonyl (C=O) groups is 3. The lowest BCUT2D eigenvalue weighted by molar-refractivity contribution is -0.159. The van der Waals surface area contributed by atoms with Gasteiger partial charge in [0.15, 0.2) is 11.4 Å². The van der Waals surface area contributed by atoms with Gasteiger partial charge in [0, 0.05) is 74.7 Å². The van der Waals surface area contributed by atoms with Crippen LogP contribution in [0.2, 0.25) is 0 Å². The maximum Gasteiger partial charge on any atom is 0.254 e. The van der Waals surface area contributed by atoms with Crippen molar-refractivity contribution in [2.24, 2.45) is 0 Å². The third-order valence-electron chi connectivity index (χ3n) is 8.81. The van der Waals surface area contributed by atoms with Gasteiger partial charge in [0.05, 0.1) is 23.1 Å². The standard InChI is InChI=1S/C32H35N7O4/c1-20(40)27-28(23-10-14-38(15-11-23)31(42)32(43)12-16-37(17-13-32)21(2)41)36-30-25(19-35-39(30)29(27)33)24-8-9-26(34-18-24)22-6-4-3-5-7-22/h3-9,18-19,23,43H,10-17,33H2,1-2H3. The number of Topliss-reactive ketones (excluding diaryl/α,β-unsaturated/α-hetero) is 1. The van der Waals surface area contributed by atoms with Crippen LogP contribution < -0.4 is 5.73 Å². The Balaban J connectivity index is 1.25. The van der Waals surface area contributed by atoms with E-state index in [2.05, 4.69) is 10.1 Å². The SMILES string of the molecule is CC(=O)c1c(C2CCN(C(=O)C3(O)CCN(C(C)=O)CC3)CC2)nc2c(-c3ccc(-c4ccccc4)nc3)cnn2c1N. The molecule has 2 aliphatic rings. The number of nitrogen functional groups attached to an aromatic ring is 1. The van der Waals surface area contributed by atoms with E-state index >= 15 is 0 Å². The molecule has 0 spiro atoms. The number of fused-ring (bicyclic) bond motifs is 1. The number of rotatable bonds is 5. The summed E-state index contributed by atoms with van der Waals surface area (Å²) in [6, 6.07) is 13.8. The van der Waals surface area contributed by atoms with Crippen LogP contribution in [0.4, 0.5) is 5.82 Å². The first kappa shape index (κ1) is 28.5. The molecule has 2 saturated heterocycles. The van der Waals surface area contributed by atoms with E-state index in [0.717, 1.165) is 22.4 Å². The number of aliphatic hydroxyl groups is 1. The van der Waals surface area contributed by atoms with Gasteiger partial charge in [-0.05, 0) is 25.8 Å². The van der Waals surface area contributed by atoms with Gasteiger partial charge in [-0.2, -0.15) is 9.61 Å². The Morgan fingerprint density at radius 1 is 0.907 bits per heavy atom. The molecule has 0 aliphatic carbocycles. The van der Waals surface area contributed by atoms with Crippen LogP contribution in [-0.4, -0.2) is 83.9 Å². The topological polar surface area (TPSA) is 147 Å². The number of nitrogens with zero attached hydrogens (tertiary/aromatic N) is 6. The van der Waals surface area contributed by atoms with E-state index in [0.29, 0.717) is 55.9 Å². The number of anilines is 1. The van der Waals surface area contributed by atoms with Crippen LogP contribution in [0.5, 0.6) is 0 Å². The number of aromatic nitrogens is 4. The van der Waals surface area contributed by atoms with Crippen LogP contribution in [-0.2, 0) is 9.59 Å². The minimum atomic E-state index is -1.47. The number of amides is 2. The van der Waals surface area contributed by atoms with E-state index in [1.54, 1.807) is 22.2 Å². The predicted molar refractivity (Wildman–Crippen MR) is 161 cm³/mol. The molecule has 6 rings (SSSR count). The van der Waals surface area contributed by atoms with Gasteiger partial charge in [0.1, 0.15) is 11.4 Å². The van der Waals surface area contributed by atoms with Crippen molar-refractivity contribution < 1.29 is 19.5 Å². The number of pyridine rings is 1. The normalized spacial score (nSPS) is 17.3. The van der Waals surface area contributed by atoms with Crippen LogP contribution in [0.3, 0.4) is 0 Å². The van der Waals surface area contributed by atoms with Crippen LogP contribution >= 0.6 is 0 Å². The molecule has 3 N–H and O–H groups in total. The quantitative estimate of drug-likeness (QED) is 0.341. The zero-order chi connectivity index (χ0) is 30.3. The summed E-state index contributed by atoms with van der Waals surface area (Å²) in [6.07, 6.45) is 5.05. The summed E-state index contributed by atoms with van der Waals surface area (Å²) >= 11 is 0. The Hall–Kier alpha value is -4.64. The average molecular weight is 582 g/mol. The highest BCUT2D eigenvalue weighted by Gasteiger charge is 2.43. The molecule has 0 bridgehead atoms. The maximum absolute atomic E-state index is 13.3. The van der Waals surface area contributed by atoms with E-state index in [9.17, 15) is 19.5 Å².